The number of aromatic nitrogens is 1. The molecule has 2 aromatic rings. The van der Waals surface area contributed by atoms with Crippen molar-refractivity contribution in [3.05, 3.63) is 59.4 Å². The second-order valence-electron chi connectivity index (χ2n) is 6.17. The van der Waals surface area contributed by atoms with E-state index in [0.717, 1.165) is 12.2 Å². The van der Waals surface area contributed by atoms with Crippen LogP contribution in [0.15, 0.2) is 42.6 Å². The van der Waals surface area contributed by atoms with Gasteiger partial charge in [0.1, 0.15) is 0 Å². The minimum absolute atomic E-state index is 0.00872. The average Bonchev–Trinajstić information content (AvgIpc) is 2.94. The van der Waals surface area contributed by atoms with Gasteiger partial charge in [0.2, 0.25) is 0 Å². The third kappa shape index (κ3) is 4.62. The van der Waals surface area contributed by atoms with Gasteiger partial charge in [-0.25, -0.2) is 4.79 Å². The van der Waals surface area contributed by atoms with Crippen LogP contribution in [-0.2, 0) is 13.1 Å². The molecular weight excluding hydrogens is 286 g/mol. The van der Waals surface area contributed by atoms with E-state index in [1.807, 2.05) is 31.7 Å². The maximum atomic E-state index is 12.2. The summed E-state index contributed by atoms with van der Waals surface area (Å²) >= 11 is 0. The van der Waals surface area contributed by atoms with Gasteiger partial charge in [-0.1, -0.05) is 29.8 Å². The van der Waals surface area contributed by atoms with Crippen LogP contribution in [0.2, 0.25) is 0 Å². The molecule has 0 atom stereocenters. The number of benzene rings is 1. The van der Waals surface area contributed by atoms with Crippen LogP contribution >= 0.6 is 0 Å². The first-order valence-electron chi connectivity index (χ1n) is 8.25. The molecule has 0 saturated carbocycles. The van der Waals surface area contributed by atoms with Gasteiger partial charge in [-0.3, -0.25) is 0 Å². The molecule has 0 fully saturated rings. The lowest BCUT2D eigenvalue weighted by Crippen LogP contribution is -2.43. The number of nitrogens with zero attached hydrogens (tertiary/aromatic N) is 2. The molecule has 0 aliphatic heterocycles. The number of carbonyl (C=O) groups excluding carboxylic acids is 1. The monoisotopic (exact) mass is 313 g/mol. The Morgan fingerprint density at radius 1 is 1.22 bits per heavy atom. The summed E-state index contributed by atoms with van der Waals surface area (Å²) in [5.74, 6) is 0. The van der Waals surface area contributed by atoms with E-state index in [0.29, 0.717) is 13.1 Å². The van der Waals surface area contributed by atoms with Gasteiger partial charge in [-0.2, -0.15) is 0 Å². The third-order valence-electron chi connectivity index (χ3n) is 3.94. The number of hydrogen-bond donors (Lipinski definition) is 1. The zero-order chi connectivity index (χ0) is 16.8. The summed E-state index contributed by atoms with van der Waals surface area (Å²) in [5.41, 5.74) is 3.68. The van der Waals surface area contributed by atoms with Crippen LogP contribution < -0.4 is 5.32 Å². The molecule has 0 aliphatic carbocycles. The highest BCUT2D eigenvalue weighted by molar-refractivity contribution is 5.74. The van der Waals surface area contributed by atoms with Gasteiger partial charge >= 0.3 is 6.03 Å². The lowest BCUT2D eigenvalue weighted by molar-refractivity contribution is 0.178. The van der Waals surface area contributed by atoms with Gasteiger partial charge in [0.05, 0.1) is 6.54 Å². The molecule has 1 aromatic carbocycles. The molecule has 0 radical (unpaired) electrons. The Hall–Kier alpha value is -2.23. The SMILES string of the molecule is CCNC(=O)N(Cc1cccn1Cc1ccc(C)cc1)C(C)C. The van der Waals surface area contributed by atoms with Gasteiger partial charge in [-0.05, 0) is 45.4 Å². The molecule has 23 heavy (non-hydrogen) atoms. The van der Waals surface area contributed by atoms with Crippen LogP contribution in [0.1, 0.15) is 37.6 Å². The molecule has 0 bridgehead atoms. The molecule has 1 N–H and O–H groups in total. The number of hydrogen-bond acceptors (Lipinski definition) is 1. The molecule has 124 valence electrons. The van der Waals surface area contributed by atoms with E-state index in [1.54, 1.807) is 0 Å². The summed E-state index contributed by atoms with van der Waals surface area (Å²) in [6.07, 6.45) is 2.07. The topological polar surface area (TPSA) is 37.3 Å². The van der Waals surface area contributed by atoms with Crippen molar-refractivity contribution in [2.75, 3.05) is 6.54 Å². The predicted octanol–water partition coefficient (Wildman–Crippen LogP) is 3.78. The smallest absolute Gasteiger partial charge is 0.317 e. The zero-order valence-electron chi connectivity index (χ0n) is 14.5. The number of urea groups is 1. The summed E-state index contributed by atoms with van der Waals surface area (Å²) in [7, 11) is 0. The van der Waals surface area contributed by atoms with Gasteiger partial charge in [0.25, 0.3) is 0 Å². The number of rotatable bonds is 6. The van der Waals surface area contributed by atoms with Crippen LogP contribution in [0.25, 0.3) is 0 Å². The van der Waals surface area contributed by atoms with Crippen LogP contribution in [0.3, 0.4) is 0 Å². The average molecular weight is 313 g/mol. The van der Waals surface area contributed by atoms with Crippen LogP contribution in [0.5, 0.6) is 0 Å². The second kappa shape index (κ2) is 7.86. The van der Waals surface area contributed by atoms with Crippen molar-refractivity contribution in [1.29, 1.82) is 0 Å². The van der Waals surface area contributed by atoms with E-state index in [4.69, 9.17) is 0 Å². The second-order valence-corrected chi connectivity index (χ2v) is 6.17. The molecule has 4 heteroatoms. The summed E-state index contributed by atoms with van der Waals surface area (Å²) in [5, 5.41) is 2.89. The molecular formula is C19H27N3O. The van der Waals surface area contributed by atoms with Crippen molar-refractivity contribution < 1.29 is 4.79 Å². The van der Waals surface area contributed by atoms with Gasteiger partial charge in [0, 0.05) is 31.0 Å². The maximum absolute atomic E-state index is 12.2. The molecule has 0 saturated heterocycles. The standard InChI is InChI=1S/C19H27N3O/c1-5-20-19(23)22(15(2)3)14-18-7-6-12-21(18)13-17-10-8-16(4)9-11-17/h6-12,15H,5,13-14H2,1-4H3,(H,20,23). The van der Waals surface area contributed by atoms with Crippen molar-refractivity contribution in [2.24, 2.45) is 0 Å². The third-order valence-corrected chi connectivity index (χ3v) is 3.94. The summed E-state index contributed by atoms with van der Waals surface area (Å²) in [4.78, 5) is 14.1. The fourth-order valence-corrected chi connectivity index (χ4v) is 2.55. The lowest BCUT2D eigenvalue weighted by atomic mass is 10.1. The molecule has 0 spiro atoms. The number of carbonyl (C=O) groups is 1. The Balaban J connectivity index is 2.13. The highest BCUT2D eigenvalue weighted by Crippen LogP contribution is 2.13. The van der Waals surface area contributed by atoms with Gasteiger partial charge in [-0.15, -0.1) is 0 Å². The highest BCUT2D eigenvalue weighted by Gasteiger charge is 2.18. The predicted molar refractivity (Wildman–Crippen MR) is 94.5 cm³/mol. The van der Waals surface area contributed by atoms with Crippen LogP contribution in [-0.4, -0.2) is 28.1 Å². The number of nitrogens with one attached hydrogen (secondary N) is 1. The Morgan fingerprint density at radius 2 is 1.91 bits per heavy atom. The number of aryl methyl sites for hydroxylation is 1. The molecule has 0 unspecified atom stereocenters. The van der Waals surface area contributed by atoms with Crippen molar-refractivity contribution in [1.82, 2.24) is 14.8 Å². The van der Waals surface area contributed by atoms with Crippen molar-refractivity contribution in [3.8, 4) is 0 Å². The van der Waals surface area contributed by atoms with Gasteiger partial charge < -0.3 is 14.8 Å². The van der Waals surface area contributed by atoms with E-state index in [1.165, 1.54) is 11.1 Å². The van der Waals surface area contributed by atoms with Gasteiger partial charge in [0.15, 0.2) is 0 Å². The molecule has 1 heterocycles. The van der Waals surface area contributed by atoms with Crippen molar-refractivity contribution >= 4 is 6.03 Å². The fraction of sp³-hybridized carbons (Fsp3) is 0.421. The molecule has 4 nitrogen and oxygen atoms in total. The van der Waals surface area contributed by atoms with E-state index >= 15 is 0 Å². The molecule has 2 rings (SSSR count). The number of amides is 2. The Bertz CT molecular complexity index is 628. The minimum atomic E-state index is -0.00872. The molecule has 2 amide bonds. The highest BCUT2D eigenvalue weighted by atomic mass is 16.2. The normalized spacial score (nSPS) is 10.8. The minimum Gasteiger partial charge on any atom is -0.345 e. The van der Waals surface area contributed by atoms with Crippen LogP contribution in [0.4, 0.5) is 4.79 Å². The first kappa shape index (κ1) is 17.1. The van der Waals surface area contributed by atoms with Crippen molar-refractivity contribution in [3.63, 3.8) is 0 Å². The van der Waals surface area contributed by atoms with E-state index < -0.39 is 0 Å². The Kier molecular flexibility index (Phi) is 5.85. The first-order valence-corrected chi connectivity index (χ1v) is 8.25. The van der Waals surface area contributed by atoms with Crippen molar-refractivity contribution in [2.45, 2.75) is 46.8 Å². The quantitative estimate of drug-likeness (QED) is 0.865. The fourth-order valence-electron chi connectivity index (χ4n) is 2.55. The van der Waals surface area contributed by atoms with E-state index in [2.05, 4.69) is 53.3 Å². The van der Waals surface area contributed by atoms with Crippen LogP contribution in [0, 0.1) is 6.92 Å². The Morgan fingerprint density at radius 3 is 2.52 bits per heavy atom. The summed E-state index contributed by atoms with van der Waals surface area (Å²) in [6.45, 7) is 10.2. The largest absolute Gasteiger partial charge is 0.345 e. The maximum Gasteiger partial charge on any atom is 0.317 e. The lowest BCUT2D eigenvalue weighted by Gasteiger charge is -2.27. The summed E-state index contributed by atoms with van der Waals surface area (Å²) in [6, 6.07) is 12.9. The van der Waals surface area contributed by atoms with E-state index in [-0.39, 0.29) is 12.1 Å². The summed E-state index contributed by atoms with van der Waals surface area (Å²) < 4.78 is 2.21. The zero-order valence-corrected chi connectivity index (χ0v) is 14.5. The first-order chi connectivity index (χ1) is 11.0. The Labute approximate surface area is 139 Å². The molecule has 1 aromatic heterocycles. The van der Waals surface area contributed by atoms with E-state index in [9.17, 15) is 4.79 Å². The molecule has 0 aliphatic rings.